The molecule has 9 heteroatoms. The predicted molar refractivity (Wildman–Crippen MR) is 147 cm³/mol. The molecule has 0 amide bonds. The normalized spacial score (nSPS) is 15.6. The molecule has 1 aromatic carbocycles. The highest BCUT2D eigenvalue weighted by atomic mass is 32.1. The molecule has 0 bridgehead atoms. The highest BCUT2D eigenvalue weighted by molar-refractivity contribution is 7.21. The minimum Gasteiger partial charge on any atom is -0.477 e. The third-order valence-corrected chi connectivity index (χ3v) is 7.85. The van der Waals surface area contributed by atoms with Crippen LogP contribution >= 0.6 is 11.3 Å². The second-order valence-corrected chi connectivity index (χ2v) is 10.9. The first-order chi connectivity index (χ1) is 17.3. The second kappa shape index (κ2) is 11.6. The number of thiophene rings is 1. The first-order valence-electron chi connectivity index (χ1n) is 12.6. The molecule has 1 aliphatic rings. The summed E-state index contributed by atoms with van der Waals surface area (Å²) in [6.45, 7) is 5.22. The van der Waals surface area contributed by atoms with Crippen molar-refractivity contribution < 1.29 is 15.0 Å². The Morgan fingerprint density at radius 1 is 1.28 bits per heavy atom. The number of benzene rings is 1. The maximum atomic E-state index is 11.6. The molecule has 0 radical (unpaired) electrons. The lowest BCUT2D eigenvalue weighted by atomic mass is 10.0. The van der Waals surface area contributed by atoms with Gasteiger partial charge in [0, 0.05) is 37.6 Å². The van der Waals surface area contributed by atoms with Gasteiger partial charge in [0.25, 0.3) is 0 Å². The number of anilines is 2. The van der Waals surface area contributed by atoms with Gasteiger partial charge in [0.05, 0.1) is 11.8 Å². The lowest BCUT2D eigenvalue weighted by Gasteiger charge is -2.34. The van der Waals surface area contributed by atoms with Crippen molar-refractivity contribution in [3.8, 4) is 0 Å². The van der Waals surface area contributed by atoms with Crippen LogP contribution < -0.4 is 16.0 Å². The molecule has 0 aliphatic carbocycles. The minimum atomic E-state index is -1.00. The summed E-state index contributed by atoms with van der Waals surface area (Å²) in [5, 5.41) is 24.5. The summed E-state index contributed by atoms with van der Waals surface area (Å²) in [5.41, 5.74) is 9.75. The first kappa shape index (κ1) is 26.3. The molecule has 1 aliphatic heterocycles. The van der Waals surface area contributed by atoms with Crippen molar-refractivity contribution in [1.82, 2.24) is 15.2 Å². The first-order valence-corrected chi connectivity index (χ1v) is 13.4. The molecule has 36 heavy (non-hydrogen) atoms. The number of aryl methyl sites for hydroxylation is 1. The maximum Gasteiger partial charge on any atom is 0.348 e. The predicted octanol–water partition coefficient (Wildman–Crippen LogP) is 3.88. The zero-order chi connectivity index (χ0) is 25.8. The lowest BCUT2D eigenvalue weighted by molar-refractivity contribution is 0.0703. The van der Waals surface area contributed by atoms with Gasteiger partial charge in [-0.1, -0.05) is 37.6 Å². The van der Waals surface area contributed by atoms with E-state index >= 15 is 0 Å². The van der Waals surface area contributed by atoms with Crippen LogP contribution in [0.1, 0.15) is 58.7 Å². The fourth-order valence-electron chi connectivity index (χ4n) is 4.89. The number of nitrogens with zero attached hydrogens (tertiary/aromatic N) is 3. The molecule has 2 aromatic heterocycles. The number of pyridine rings is 1. The molecule has 3 aromatic rings. The summed E-state index contributed by atoms with van der Waals surface area (Å²) in [6, 6.07) is 10.6. The molecule has 194 valence electrons. The number of piperidine rings is 1. The summed E-state index contributed by atoms with van der Waals surface area (Å²) in [6.07, 6.45) is 3.14. The van der Waals surface area contributed by atoms with Gasteiger partial charge < -0.3 is 31.1 Å². The topological polar surface area (TPSA) is 115 Å². The third-order valence-electron chi connectivity index (χ3n) is 6.76. The molecule has 1 saturated heterocycles. The van der Waals surface area contributed by atoms with E-state index in [1.807, 2.05) is 26.2 Å². The molecule has 8 nitrogen and oxygen atoms in total. The van der Waals surface area contributed by atoms with E-state index in [-0.39, 0.29) is 4.88 Å². The second-order valence-electron chi connectivity index (χ2n) is 9.88. The van der Waals surface area contributed by atoms with E-state index in [0.717, 1.165) is 79.0 Å². The smallest absolute Gasteiger partial charge is 0.348 e. The van der Waals surface area contributed by atoms with Crippen LogP contribution in [0, 0.1) is 0 Å². The zero-order valence-electron chi connectivity index (χ0n) is 21.3. The van der Waals surface area contributed by atoms with Crippen LogP contribution in [0.4, 0.5) is 11.5 Å². The van der Waals surface area contributed by atoms with E-state index in [2.05, 4.69) is 40.2 Å². The van der Waals surface area contributed by atoms with Crippen molar-refractivity contribution in [3.05, 3.63) is 51.9 Å². The van der Waals surface area contributed by atoms with Crippen molar-refractivity contribution in [1.29, 1.82) is 0 Å². The van der Waals surface area contributed by atoms with Crippen LogP contribution in [0.2, 0.25) is 0 Å². The van der Waals surface area contributed by atoms with E-state index in [1.165, 1.54) is 5.56 Å². The summed E-state index contributed by atoms with van der Waals surface area (Å²) >= 11 is 1.16. The van der Waals surface area contributed by atoms with Gasteiger partial charge in [-0.25, -0.2) is 9.78 Å². The van der Waals surface area contributed by atoms with Crippen LogP contribution in [0.25, 0.3) is 10.2 Å². The number of aromatic nitrogens is 1. The highest BCUT2D eigenvalue weighted by Gasteiger charge is 2.24. The van der Waals surface area contributed by atoms with E-state index in [1.54, 1.807) is 0 Å². The maximum absolute atomic E-state index is 11.6. The van der Waals surface area contributed by atoms with Crippen molar-refractivity contribution >= 4 is 39.0 Å². The summed E-state index contributed by atoms with van der Waals surface area (Å²) in [4.78, 5) is 21.7. The number of carboxylic acids is 1. The Labute approximate surface area is 216 Å². The molecule has 1 atom stereocenters. The number of aromatic carboxylic acids is 1. The summed E-state index contributed by atoms with van der Waals surface area (Å²) < 4.78 is 0. The third kappa shape index (κ3) is 5.98. The molecular formula is C27H37N5O3S. The monoisotopic (exact) mass is 511 g/mol. The van der Waals surface area contributed by atoms with Gasteiger partial charge in [0.2, 0.25) is 0 Å². The average molecular weight is 512 g/mol. The minimum absolute atomic E-state index is 0.167. The van der Waals surface area contributed by atoms with E-state index in [4.69, 9.17) is 10.7 Å². The summed E-state index contributed by atoms with van der Waals surface area (Å²) in [5.74, 6) is -0.112. The molecule has 4 rings (SSSR count). The van der Waals surface area contributed by atoms with Crippen molar-refractivity contribution in [3.63, 3.8) is 0 Å². The Morgan fingerprint density at radius 3 is 2.58 bits per heavy atom. The van der Waals surface area contributed by atoms with Gasteiger partial charge in [-0.15, -0.1) is 11.3 Å². The van der Waals surface area contributed by atoms with Gasteiger partial charge in [0.15, 0.2) is 0 Å². The fourth-order valence-corrected chi connectivity index (χ4v) is 5.87. The van der Waals surface area contributed by atoms with Crippen LogP contribution in [0.15, 0.2) is 30.3 Å². The van der Waals surface area contributed by atoms with Crippen LogP contribution in [0.3, 0.4) is 0 Å². The number of fused-ring (bicyclic) bond motifs is 1. The van der Waals surface area contributed by atoms with Gasteiger partial charge in [-0.2, -0.15) is 0 Å². The number of hydrogen-bond acceptors (Lipinski definition) is 8. The number of aliphatic hydroxyl groups excluding tert-OH is 1. The molecule has 1 unspecified atom stereocenters. The van der Waals surface area contributed by atoms with E-state index < -0.39 is 12.1 Å². The molecule has 1 fully saturated rings. The Kier molecular flexibility index (Phi) is 8.46. The van der Waals surface area contributed by atoms with Gasteiger partial charge in [-0.3, -0.25) is 0 Å². The largest absolute Gasteiger partial charge is 0.477 e. The number of hydrogen-bond donors (Lipinski definition) is 4. The molecule has 0 saturated carbocycles. The van der Waals surface area contributed by atoms with Crippen LogP contribution in [-0.4, -0.2) is 65.8 Å². The number of nitrogens with two attached hydrogens (primary N) is 1. The Hall–Kier alpha value is -2.72. The van der Waals surface area contributed by atoms with Crippen LogP contribution in [-0.2, 0) is 13.0 Å². The zero-order valence-corrected chi connectivity index (χ0v) is 22.1. The molecule has 0 spiro atoms. The Morgan fingerprint density at radius 2 is 1.97 bits per heavy atom. The standard InChI is InChI=1S/C27H37N5O3S/c1-4-5-19-14-22(30-26-23(19)24(28)25(36-26)27(34)35)32-12-10-20(11-13-32)29-15-21(33)18-8-6-17(7-9-18)16-31(2)3/h6-9,14,20-21,29,33H,4-5,10-13,15-16,28H2,1-3H3,(H,34,35). The quantitative estimate of drug-likeness (QED) is 0.324. The fraction of sp³-hybridized carbons (Fsp3) is 0.481. The number of nitrogen functional groups attached to an aromatic ring is 1. The van der Waals surface area contributed by atoms with Crippen molar-refractivity contribution in [2.24, 2.45) is 0 Å². The average Bonchev–Trinajstić information content (AvgIpc) is 3.20. The van der Waals surface area contributed by atoms with E-state index in [9.17, 15) is 15.0 Å². The van der Waals surface area contributed by atoms with Crippen molar-refractivity contribution in [2.75, 3.05) is 44.4 Å². The Bertz CT molecular complexity index is 1190. The number of aliphatic hydroxyl groups is 1. The van der Waals surface area contributed by atoms with Gasteiger partial charge >= 0.3 is 5.97 Å². The van der Waals surface area contributed by atoms with Crippen molar-refractivity contribution in [2.45, 2.75) is 51.3 Å². The van der Waals surface area contributed by atoms with Crippen LogP contribution in [0.5, 0.6) is 0 Å². The van der Waals surface area contributed by atoms with Gasteiger partial charge in [0.1, 0.15) is 15.5 Å². The number of nitrogens with one attached hydrogen (secondary N) is 1. The lowest BCUT2D eigenvalue weighted by Crippen LogP contribution is -2.44. The Balaban J connectivity index is 1.36. The van der Waals surface area contributed by atoms with Gasteiger partial charge in [-0.05, 0) is 56.1 Å². The SMILES string of the molecule is CCCc1cc(N2CCC(NCC(O)c3ccc(CN(C)C)cc3)CC2)nc2sc(C(=O)O)c(N)c12. The number of carbonyl (C=O) groups is 1. The summed E-state index contributed by atoms with van der Waals surface area (Å²) in [7, 11) is 4.09. The molecule has 3 heterocycles. The highest BCUT2D eigenvalue weighted by Crippen LogP contribution is 2.37. The molecular weight excluding hydrogens is 474 g/mol. The number of rotatable bonds is 10. The number of carboxylic acid groups (broad SMARTS) is 1. The molecule has 5 N–H and O–H groups in total. The van der Waals surface area contributed by atoms with E-state index in [0.29, 0.717) is 23.1 Å².